The Morgan fingerprint density at radius 3 is 2.33 bits per heavy atom. The number of rotatable bonds is 8. The molecule has 0 amide bonds. The molecule has 1 aliphatic heterocycles. The Morgan fingerprint density at radius 2 is 1.70 bits per heavy atom. The maximum atomic E-state index is 12.6. The van der Waals surface area contributed by atoms with Gasteiger partial charge in [-0.3, -0.25) is 0 Å². The first kappa shape index (κ1) is 20.3. The maximum absolute atomic E-state index is 12.6. The molecule has 3 rings (SSSR count). The van der Waals surface area contributed by atoms with Crippen LogP contribution in [0.2, 0.25) is 0 Å². The van der Waals surface area contributed by atoms with Crippen molar-refractivity contribution < 1.29 is 21.6 Å². The summed E-state index contributed by atoms with van der Waals surface area (Å²) in [4.78, 5) is 0.246. The van der Waals surface area contributed by atoms with E-state index in [2.05, 4.69) is 4.72 Å². The largest absolute Gasteiger partial charge is 0.492 e. The summed E-state index contributed by atoms with van der Waals surface area (Å²) in [7, 11) is -6.97. The van der Waals surface area contributed by atoms with Crippen LogP contribution in [-0.4, -0.2) is 47.4 Å². The van der Waals surface area contributed by atoms with E-state index in [4.69, 9.17) is 4.74 Å². The summed E-state index contributed by atoms with van der Waals surface area (Å²) in [6, 6.07) is 9.43. The Hall–Kier alpha value is -1.46. The molecule has 0 aliphatic carbocycles. The number of nitrogens with one attached hydrogen (secondary N) is 1. The van der Waals surface area contributed by atoms with E-state index in [1.165, 1.54) is 22.5 Å². The van der Waals surface area contributed by atoms with E-state index in [0.717, 1.165) is 30.6 Å². The van der Waals surface area contributed by atoms with Crippen LogP contribution in [0.3, 0.4) is 0 Å². The second-order valence-electron chi connectivity index (χ2n) is 6.11. The van der Waals surface area contributed by atoms with Crippen LogP contribution in [0.4, 0.5) is 0 Å². The van der Waals surface area contributed by atoms with Crippen LogP contribution >= 0.6 is 11.3 Å². The van der Waals surface area contributed by atoms with Crippen molar-refractivity contribution >= 4 is 31.4 Å². The zero-order valence-electron chi connectivity index (χ0n) is 14.7. The zero-order valence-corrected chi connectivity index (χ0v) is 17.2. The first-order valence-corrected chi connectivity index (χ1v) is 12.5. The highest BCUT2D eigenvalue weighted by Crippen LogP contribution is 2.22. The Kier molecular flexibility index (Phi) is 6.53. The fourth-order valence-corrected chi connectivity index (χ4v) is 6.36. The van der Waals surface area contributed by atoms with E-state index in [0.29, 0.717) is 18.8 Å². The topological polar surface area (TPSA) is 92.8 Å². The van der Waals surface area contributed by atoms with Crippen molar-refractivity contribution in [3.8, 4) is 5.75 Å². The van der Waals surface area contributed by atoms with Crippen molar-refractivity contribution in [2.45, 2.75) is 28.4 Å². The summed E-state index contributed by atoms with van der Waals surface area (Å²) in [6.07, 6.45) is 2.85. The number of piperidine rings is 1. The molecule has 0 spiro atoms. The molecule has 0 unspecified atom stereocenters. The van der Waals surface area contributed by atoms with Gasteiger partial charge >= 0.3 is 0 Å². The highest BCUT2D eigenvalue weighted by molar-refractivity contribution is 7.91. The van der Waals surface area contributed by atoms with Gasteiger partial charge in [0.05, 0.1) is 4.90 Å². The third kappa shape index (κ3) is 5.08. The molecule has 2 aromatic rings. The molecule has 1 aromatic carbocycles. The van der Waals surface area contributed by atoms with Gasteiger partial charge in [0.1, 0.15) is 16.6 Å². The van der Waals surface area contributed by atoms with Gasteiger partial charge in [-0.25, -0.2) is 21.6 Å². The average molecular weight is 431 g/mol. The lowest BCUT2D eigenvalue weighted by molar-refractivity contribution is 0.322. The molecule has 27 heavy (non-hydrogen) atoms. The molecule has 0 bridgehead atoms. The fourth-order valence-electron chi connectivity index (χ4n) is 2.79. The monoisotopic (exact) mass is 430 g/mol. The normalized spacial score (nSPS) is 16.3. The second kappa shape index (κ2) is 8.70. The van der Waals surface area contributed by atoms with Crippen molar-refractivity contribution in [1.82, 2.24) is 9.03 Å². The molecule has 0 atom stereocenters. The van der Waals surface area contributed by atoms with Gasteiger partial charge in [-0.05, 0) is 48.6 Å². The van der Waals surface area contributed by atoms with E-state index in [9.17, 15) is 16.8 Å². The Morgan fingerprint density at radius 1 is 1.00 bits per heavy atom. The van der Waals surface area contributed by atoms with Crippen molar-refractivity contribution in [3.63, 3.8) is 0 Å². The van der Waals surface area contributed by atoms with E-state index >= 15 is 0 Å². The minimum absolute atomic E-state index is 0.119. The van der Waals surface area contributed by atoms with Gasteiger partial charge in [-0.1, -0.05) is 12.5 Å². The molecule has 1 aromatic heterocycles. The Balaban J connectivity index is 1.52. The van der Waals surface area contributed by atoms with Gasteiger partial charge in [-0.15, -0.1) is 11.3 Å². The van der Waals surface area contributed by atoms with Crippen LogP contribution in [0.25, 0.3) is 0 Å². The third-order valence-electron chi connectivity index (χ3n) is 4.20. The predicted octanol–water partition coefficient (Wildman–Crippen LogP) is 2.28. The van der Waals surface area contributed by atoms with Gasteiger partial charge in [0.25, 0.3) is 0 Å². The standard InChI is InChI=1S/C17H22N2O5S3/c20-26(21,17-5-4-14-25-17)18-10-13-24-15-6-8-16(9-7-15)27(22,23)19-11-2-1-3-12-19/h4-9,14,18H,1-3,10-13H2. The van der Waals surface area contributed by atoms with Crippen molar-refractivity contribution in [2.24, 2.45) is 0 Å². The summed E-state index contributed by atoms with van der Waals surface area (Å²) in [5.74, 6) is 0.489. The van der Waals surface area contributed by atoms with E-state index in [-0.39, 0.29) is 22.3 Å². The van der Waals surface area contributed by atoms with E-state index in [1.807, 2.05) is 0 Å². The summed E-state index contributed by atoms with van der Waals surface area (Å²) < 4.78 is 58.9. The molecule has 0 radical (unpaired) electrons. The molecule has 10 heteroatoms. The van der Waals surface area contributed by atoms with E-state index < -0.39 is 20.0 Å². The third-order valence-corrected chi connectivity index (χ3v) is 8.97. The smallest absolute Gasteiger partial charge is 0.250 e. The van der Waals surface area contributed by atoms with Crippen LogP contribution < -0.4 is 9.46 Å². The highest BCUT2D eigenvalue weighted by atomic mass is 32.2. The molecule has 148 valence electrons. The highest BCUT2D eigenvalue weighted by Gasteiger charge is 2.25. The minimum Gasteiger partial charge on any atom is -0.492 e. The fraction of sp³-hybridized carbons (Fsp3) is 0.412. The van der Waals surface area contributed by atoms with Gasteiger partial charge < -0.3 is 4.74 Å². The lowest BCUT2D eigenvalue weighted by Gasteiger charge is -2.25. The van der Waals surface area contributed by atoms with Crippen LogP contribution in [0.5, 0.6) is 5.75 Å². The summed E-state index contributed by atoms with van der Waals surface area (Å²) >= 11 is 1.15. The molecule has 1 fully saturated rings. The predicted molar refractivity (Wildman–Crippen MR) is 104 cm³/mol. The van der Waals surface area contributed by atoms with Crippen LogP contribution in [-0.2, 0) is 20.0 Å². The summed E-state index contributed by atoms with van der Waals surface area (Å²) in [5, 5.41) is 1.70. The van der Waals surface area contributed by atoms with Crippen LogP contribution in [0, 0.1) is 0 Å². The van der Waals surface area contributed by atoms with Crippen molar-refractivity contribution in [3.05, 3.63) is 41.8 Å². The molecule has 2 heterocycles. The molecule has 7 nitrogen and oxygen atoms in total. The first-order valence-electron chi connectivity index (χ1n) is 8.66. The average Bonchev–Trinajstić information content (AvgIpc) is 3.22. The SMILES string of the molecule is O=S(=O)(NCCOc1ccc(S(=O)(=O)N2CCCCC2)cc1)c1cccs1. The molecule has 1 saturated heterocycles. The molecule has 0 saturated carbocycles. The summed E-state index contributed by atoms with van der Waals surface area (Å²) in [6.45, 7) is 1.38. The number of hydrogen-bond acceptors (Lipinski definition) is 6. The first-order chi connectivity index (χ1) is 12.9. The van der Waals surface area contributed by atoms with Crippen LogP contribution in [0.15, 0.2) is 50.9 Å². The number of benzene rings is 1. The van der Waals surface area contributed by atoms with Gasteiger partial charge in [0.2, 0.25) is 20.0 Å². The van der Waals surface area contributed by atoms with Gasteiger partial charge in [-0.2, -0.15) is 4.31 Å². The number of hydrogen-bond donors (Lipinski definition) is 1. The summed E-state index contributed by atoms with van der Waals surface area (Å²) in [5.41, 5.74) is 0. The van der Waals surface area contributed by atoms with Crippen molar-refractivity contribution in [1.29, 1.82) is 0 Å². The number of nitrogens with zero attached hydrogens (tertiary/aromatic N) is 1. The zero-order chi connectivity index (χ0) is 19.3. The number of thiophene rings is 1. The van der Waals surface area contributed by atoms with Gasteiger partial charge in [0, 0.05) is 19.6 Å². The Bertz CT molecular complexity index is 933. The molecular formula is C17H22N2O5S3. The minimum atomic E-state index is -3.51. The molecule has 1 aliphatic rings. The van der Waals surface area contributed by atoms with Crippen molar-refractivity contribution in [2.75, 3.05) is 26.2 Å². The quantitative estimate of drug-likeness (QED) is 0.649. The molecular weight excluding hydrogens is 408 g/mol. The second-order valence-corrected chi connectivity index (χ2v) is 11.0. The van der Waals surface area contributed by atoms with Crippen LogP contribution in [0.1, 0.15) is 19.3 Å². The lowest BCUT2D eigenvalue weighted by atomic mass is 10.2. The lowest BCUT2D eigenvalue weighted by Crippen LogP contribution is -2.35. The van der Waals surface area contributed by atoms with Gasteiger partial charge in [0.15, 0.2) is 0 Å². The number of ether oxygens (including phenoxy) is 1. The maximum Gasteiger partial charge on any atom is 0.250 e. The van der Waals surface area contributed by atoms with E-state index in [1.54, 1.807) is 23.6 Å². The molecule has 1 N–H and O–H groups in total. The number of sulfonamides is 2. The Labute approximate surface area is 164 Å².